The van der Waals surface area contributed by atoms with Gasteiger partial charge in [0, 0.05) is 24.5 Å². The van der Waals surface area contributed by atoms with Gasteiger partial charge >= 0.3 is 0 Å². The average molecular weight is 242 g/mol. The van der Waals surface area contributed by atoms with Gasteiger partial charge in [0.25, 0.3) is 0 Å². The normalized spacial score (nSPS) is 10.4. The fourth-order valence-corrected chi connectivity index (χ4v) is 1.74. The summed E-state index contributed by atoms with van der Waals surface area (Å²) >= 11 is 0. The molecule has 0 aliphatic rings. The Morgan fingerprint density at radius 2 is 2.00 bits per heavy atom. The van der Waals surface area contributed by atoms with E-state index in [0.29, 0.717) is 0 Å². The van der Waals surface area contributed by atoms with Crippen LogP contribution in [-0.2, 0) is 6.54 Å². The van der Waals surface area contributed by atoms with E-state index in [0.717, 1.165) is 23.6 Å². The van der Waals surface area contributed by atoms with Crippen LogP contribution in [0, 0.1) is 13.8 Å². The van der Waals surface area contributed by atoms with E-state index in [1.807, 2.05) is 25.4 Å². The molecule has 0 aliphatic heterocycles. The maximum atomic E-state index is 5.92. The first-order chi connectivity index (χ1) is 8.70. The van der Waals surface area contributed by atoms with Crippen LogP contribution >= 0.6 is 0 Å². The molecule has 0 fully saturated rings. The number of aromatic nitrogens is 1. The summed E-state index contributed by atoms with van der Waals surface area (Å²) < 4.78 is 5.92. The van der Waals surface area contributed by atoms with Crippen LogP contribution in [0.25, 0.3) is 0 Å². The lowest BCUT2D eigenvalue weighted by Crippen LogP contribution is -2.06. The molecule has 0 radical (unpaired) electrons. The molecule has 0 spiro atoms. The van der Waals surface area contributed by atoms with Crippen molar-refractivity contribution in [2.45, 2.75) is 20.4 Å². The third-order valence-corrected chi connectivity index (χ3v) is 2.93. The van der Waals surface area contributed by atoms with E-state index < -0.39 is 0 Å². The SMILES string of the molecule is CNCc1cnccc1Oc1ccc(C)c(C)c1. The van der Waals surface area contributed by atoms with Gasteiger partial charge in [0.2, 0.25) is 0 Å². The highest BCUT2D eigenvalue weighted by Gasteiger charge is 2.05. The summed E-state index contributed by atoms with van der Waals surface area (Å²) in [7, 11) is 1.91. The molecule has 0 unspecified atom stereocenters. The van der Waals surface area contributed by atoms with Gasteiger partial charge in [0.05, 0.1) is 0 Å². The lowest BCUT2D eigenvalue weighted by Gasteiger charge is -2.11. The number of nitrogens with zero attached hydrogens (tertiary/aromatic N) is 1. The Morgan fingerprint density at radius 3 is 2.72 bits per heavy atom. The van der Waals surface area contributed by atoms with Crippen molar-refractivity contribution in [1.82, 2.24) is 10.3 Å². The Labute approximate surface area is 108 Å². The highest BCUT2D eigenvalue weighted by atomic mass is 16.5. The van der Waals surface area contributed by atoms with Gasteiger partial charge in [-0.1, -0.05) is 6.07 Å². The van der Waals surface area contributed by atoms with Crippen LogP contribution in [0.3, 0.4) is 0 Å². The Bertz CT molecular complexity index is 538. The van der Waals surface area contributed by atoms with Crippen LogP contribution in [0.1, 0.15) is 16.7 Å². The number of benzene rings is 1. The van der Waals surface area contributed by atoms with Crippen LogP contribution in [0.15, 0.2) is 36.7 Å². The first-order valence-corrected chi connectivity index (χ1v) is 6.03. The standard InChI is InChI=1S/C15H18N2O/c1-11-4-5-14(8-12(11)2)18-15-6-7-17-10-13(15)9-16-3/h4-8,10,16H,9H2,1-3H3. The molecular formula is C15H18N2O. The van der Waals surface area contributed by atoms with Crippen molar-refractivity contribution in [3.8, 4) is 11.5 Å². The van der Waals surface area contributed by atoms with E-state index in [1.54, 1.807) is 6.20 Å². The van der Waals surface area contributed by atoms with Crippen molar-refractivity contribution in [3.05, 3.63) is 53.3 Å². The molecule has 0 bridgehead atoms. The molecule has 94 valence electrons. The van der Waals surface area contributed by atoms with Crippen molar-refractivity contribution in [2.24, 2.45) is 0 Å². The van der Waals surface area contributed by atoms with Gasteiger partial charge in [-0.3, -0.25) is 4.98 Å². The second kappa shape index (κ2) is 5.65. The van der Waals surface area contributed by atoms with Crippen molar-refractivity contribution in [3.63, 3.8) is 0 Å². The van der Waals surface area contributed by atoms with E-state index in [4.69, 9.17) is 4.74 Å². The van der Waals surface area contributed by atoms with Gasteiger partial charge < -0.3 is 10.1 Å². The lowest BCUT2D eigenvalue weighted by molar-refractivity contribution is 0.472. The van der Waals surface area contributed by atoms with E-state index in [2.05, 4.69) is 36.3 Å². The monoisotopic (exact) mass is 242 g/mol. The van der Waals surface area contributed by atoms with Gasteiger partial charge in [-0.05, 0) is 50.2 Å². The van der Waals surface area contributed by atoms with Gasteiger partial charge in [0.1, 0.15) is 11.5 Å². The Morgan fingerprint density at radius 1 is 1.17 bits per heavy atom. The van der Waals surface area contributed by atoms with Gasteiger partial charge in [-0.25, -0.2) is 0 Å². The topological polar surface area (TPSA) is 34.2 Å². The smallest absolute Gasteiger partial charge is 0.134 e. The minimum Gasteiger partial charge on any atom is -0.457 e. The largest absolute Gasteiger partial charge is 0.457 e. The van der Waals surface area contributed by atoms with Crippen LogP contribution in [0.4, 0.5) is 0 Å². The Balaban J connectivity index is 2.25. The van der Waals surface area contributed by atoms with Crippen LogP contribution in [0.5, 0.6) is 11.5 Å². The number of hydrogen-bond donors (Lipinski definition) is 1. The molecule has 2 rings (SSSR count). The Kier molecular flexibility index (Phi) is 3.95. The van der Waals surface area contributed by atoms with Crippen molar-refractivity contribution in [2.75, 3.05) is 7.05 Å². The minimum atomic E-state index is 0.744. The summed E-state index contributed by atoms with van der Waals surface area (Å²) in [6.07, 6.45) is 3.57. The molecule has 0 saturated heterocycles. The van der Waals surface area contributed by atoms with E-state index in [-0.39, 0.29) is 0 Å². The zero-order chi connectivity index (χ0) is 13.0. The summed E-state index contributed by atoms with van der Waals surface area (Å²) in [6, 6.07) is 8.01. The molecular weight excluding hydrogens is 224 g/mol. The highest BCUT2D eigenvalue weighted by Crippen LogP contribution is 2.26. The average Bonchev–Trinajstić information content (AvgIpc) is 2.37. The number of rotatable bonds is 4. The van der Waals surface area contributed by atoms with Crippen LogP contribution in [-0.4, -0.2) is 12.0 Å². The third-order valence-electron chi connectivity index (χ3n) is 2.93. The third kappa shape index (κ3) is 2.87. The number of pyridine rings is 1. The second-order valence-electron chi connectivity index (χ2n) is 4.36. The van der Waals surface area contributed by atoms with Gasteiger partial charge in [-0.2, -0.15) is 0 Å². The first kappa shape index (κ1) is 12.6. The van der Waals surface area contributed by atoms with Crippen molar-refractivity contribution >= 4 is 0 Å². The van der Waals surface area contributed by atoms with E-state index in [9.17, 15) is 0 Å². The summed E-state index contributed by atoms with van der Waals surface area (Å²) in [4.78, 5) is 4.12. The molecule has 0 aliphatic carbocycles. The van der Waals surface area contributed by atoms with Crippen molar-refractivity contribution < 1.29 is 4.74 Å². The maximum absolute atomic E-state index is 5.92. The molecule has 1 heterocycles. The highest BCUT2D eigenvalue weighted by molar-refractivity contribution is 5.39. The maximum Gasteiger partial charge on any atom is 0.134 e. The van der Waals surface area contributed by atoms with Gasteiger partial charge in [-0.15, -0.1) is 0 Å². The molecule has 1 aromatic carbocycles. The van der Waals surface area contributed by atoms with E-state index >= 15 is 0 Å². The molecule has 0 amide bonds. The molecule has 0 atom stereocenters. The number of nitrogens with one attached hydrogen (secondary N) is 1. The molecule has 18 heavy (non-hydrogen) atoms. The summed E-state index contributed by atoms with van der Waals surface area (Å²) in [5.74, 6) is 1.71. The minimum absolute atomic E-state index is 0.744. The van der Waals surface area contributed by atoms with Crippen LogP contribution in [0.2, 0.25) is 0 Å². The predicted molar refractivity (Wildman–Crippen MR) is 73.0 cm³/mol. The number of hydrogen-bond acceptors (Lipinski definition) is 3. The molecule has 1 N–H and O–H groups in total. The Hall–Kier alpha value is -1.87. The number of aryl methyl sites for hydroxylation is 2. The quantitative estimate of drug-likeness (QED) is 0.894. The molecule has 2 aromatic rings. The first-order valence-electron chi connectivity index (χ1n) is 6.03. The molecule has 1 aromatic heterocycles. The zero-order valence-electron chi connectivity index (χ0n) is 11.0. The van der Waals surface area contributed by atoms with Gasteiger partial charge in [0.15, 0.2) is 0 Å². The summed E-state index contributed by atoms with van der Waals surface area (Å²) in [6.45, 7) is 4.93. The zero-order valence-corrected chi connectivity index (χ0v) is 11.0. The summed E-state index contributed by atoms with van der Waals surface area (Å²) in [5.41, 5.74) is 3.56. The second-order valence-corrected chi connectivity index (χ2v) is 4.36. The summed E-state index contributed by atoms with van der Waals surface area (Å²) in [5, 5.41) is 3.11. The lowest BCUT2D eigenvalue weighted by atomic mass is 10.1. The van der Waals surface area contributed by atoms with E-state index in [1.165, 1.54) is 11.1 Å². The van der Waals surface area contributed by atoms with Crippen LogP contribution < -0.4 is 10.1 Å². The number of ether oxygens (including phenoxy) is 1. The van der Waals surface area contributed by atoms with Crippen molar-refractivity contribution in [1.29, 1.82) is 0 Å². The molecule has 3 heteroatoms. The molecule has 3 nitrogen and oxygen atoms in total. The fraction of sp³-hybridized carbons (Fsp3) is 0.267. The molecule has 0 saturated carbocycles. The predicted octanol–water partition coefficient (Wildman–Crippen LogP) is 3.21. The fourth-order valence-electron chi connectivity index (χ4n) is 1.74.